The van der Waals surface area contributed by atoms with E-state index in [9.17, 15) is 0 Å². The molecule has 0 aliphatic carbocycles. The van der Waals surface area contributed by atoms with Crippen LogP contribution in [0, 0.1) is 3.57 Å². The molecular weight excluding hydrogens is 352 g/mol. The predicted molar refractivity (Wildman–Crippen MR) is 73.4 cm³/mol. The van der Waals surface area contributed by atoms with E-state index in [2.05, 4.69) is 37.5 Å². The maximum Gasteiger partial charge on any atom is 0.212 e. The summed E-state index contributed by atoms with van der Waals surface area (Å²) in [4.78, 5) is 12.5. The van der Waals surface area contributed by atoms with Crippen LogP contribution in [-0.2, 0) is 6.42 Å². The van der Waals surface area contributed by atoms with Gasteiger partial charge in [0.1, 0.15) is 11.0 Å². The molecule has 0 amide bonds. The van der Waals surface area contributed by atoms with Crippen LogP contribution in [0.2, 0.25) is 5.15 Å². The van der Waals surface area contributed by atoms with Crippen LogP contribution < -0.4 is 4.74 Å². The molecular formula is C11H9ClIN3O. The van der Waals surface area contributed by atoms with E-state index in [1.165, 1.54) is 0 Å². The summed E-state index contributed by atoms with van der Waals surface area (Å²) in [6.07, 6.45) is 4.06. The fraction of sp³-hybridized carbons (Fsp3) is 0.182. The molecule has 0 radical (unpaired) electrons. The van der Waals surface area contributed by atoms with E-state index in [1.807, 2.05) is 12.1 Å². The van der Waals surface area contributed by atoms with Crippen molar-refractivity contribution >= 4 is 34.2 Å². The Morgan fingerprint density at radius 3 is 2.71 bits per heavy atom. The van der Waals surface area contributed by atoms with Crippen molar-refractivity contribution in [1.82, 2.24) is 15.0 Å². The molecule has 17 heavy (non-hydrogen) atoms. The summed E-state index contributed by atoms with van der Waals surface area (Å²) in [5.41, 5.74) is 1.02. The van der Waals surface area contributed by atoms with Gasteiger partial charge >= 0.3 is 0 Å². The number of methoxy groups -OCH3 is 1. The Morgan fingerprint density at radius 2 is 2.12 bits per heavy atom. The second-order valence-corrected chi connectivity index (χ2v) is 4.83. The van der Waals surface area contributed by atoms with E-state index >= 15 is 0 Å². The van der Waals surface area contributed by atoms with Crippen molar-refractivity contribution in [2.75, 3.05) is 7.11 Å². The number of rotatable bonds is 3. The Hall–Kier alpha value is -0.950. The summed E-state index contributed by atoms with van der Waals surface area (Å²) in [5.74, 6) is 1.28. The normalized spacial score (nSPS) is 10.3. The molecule has 0 saturated carbocycles. The number of halogens is 2. The van der Waals surface area contributed by atoms with Crippen LogP contribution in [-0.4, -0.2) is 22.1 Å². The smallest absolute Gasteiger partial charge is 0.212 e. The summed E-state index contributed by atoms with van der Waals surface area (Å²) < 4.78 is 5.84. The molecule has 0 fully saturated rings. The molecule has 2 aromatic heterocycles. The third-order valence-electron chi connectivity index (χ3n) is 2.12. The van der Waals surface area contributed by atoms with Gasteiger partial charge in [-0.15, -0.1) is 0 Å². The molecule has 0 N–H and O–H groups in total. The Labute approximate surface area is 118 Å². The lowest BCUT2D eigenvalue weighted by molar-refractivity contribution is 0.397. The predicted octanol–water partition coefficient (Wildman–Crippen LogP) is 2.73. The zero-order valence-electron chi connectivity index (χ0n) is 9.02. The van der Waals surface area contributed by atoms with Gasteiger partial charge in [0.2, 0.25) is 5.88 Å². The average molecular weight is 362 g/mol. The van der Waals surface area contributed by atoms with Gasteiger partial charge in [-0.3, -0.25) is 0 Å². The number of ether oxygens (including phenoxy) is 1. The van der Waals surface area contributed by atoms with Crippen LogP contribution in [0.1, 0.15) is 11.4 Å². The number of hydrogen-bond acceptors (Lipinski definition) is 4. The second-order valence-electron chi connectivity index (χ2n) is 3.31. The summed E-state index contributed by atoms with van der Waals surface area (Å²) in [6, 6.07) is 3.74. The van der Waals surface area contributed by atoms with Crippen LogP contribution in [0.25, 0.3) is 0 Å². The summed E-state index contributed by atoms with van der Waals surface area (Å²) in [6.45, 7) is 0. The lowest BCUT2D eigenvalue weighted by atomic mass is 10.2. The summed E-state index contributed by atoms with van der Waals surface area (Å²) in [7, 11) is 1.59. The maximum atomic E-state index is 5.93. The highest BCUT2D eigenvalue weighted by atomic mass is 127. The van der Waals surface area contributed by atoms with Crippen molar-refractivity contribution in [3.05, 3.63) is 44.6 Å². The fourth-order valence-electron chi connectivity index (χ4n) is 1.28. The second kappa shape index (κ2) is 5.59. The van der Waals surface area contributed by atoms with Crippen molar-refractivity contribution in [2.45, 2.75) is 6.42 Å². The van der Waals surface area contributed by atoms with Crippen molar-refractivity contribution in [3.8, 4) is 5.88 Å². The fourth-order valence-corrected chi connectivity index (χ4v) is 1.69. The van der Waals surface area contributed by atoms with Gasteiger partial charge in [-0.1, -0.05) is 17.7 Å². The number of pyridine rings is 1. The molecule has 0 aromatic carbocycles. The van der Waals surface area contributed by atoms with E-state index in [0.29, 0.717) is 23.3 Å². The quantitative estimate of drug-likeness (QED) is 0.623. The zero-order chi connectivity index (χ0) is 12.3. The van der Waals surface area contributed by atoms with Crippen molar-refractivity contribution in [1.29, 1.82) is 0 Å². The largest absolute Gasteiger partial charge is 0.481 e. The first kappa shape index (κ1) is 12.5. The monoisotopic (exact) mass is 361 g/mol. The van der Waals surface area contributed by atoms with Gasteiger partial charge in [0.25, 0.3) is 0 Å². The van der Waals surface area contributed by atoms with Crippen LogP contribution in [0.15, 0.2) is 24.5 Å². The molecule has 2 aromatic rings. The molecule has 0 bridgehead atoms. The van der Waals surface area contributed by atoms with Gasteiger partial charge in [0.15, 0.2) is 0 Å². The number of hydrogen-bond donors (Lipinski definition) is 0. The minimum atomic E-state index is 0.483. The molecule has 0 saturated heterocycles. The standard InChI is InChI=1S/C11H9ClIN3O/c1-17-10-3-2-7(5-15-10)4-9-14-6-8(13)11(12)16-9/h2-3,5-6H,4H2,1H3. The summed E-state index contributed by atoms with van der Waals surface area (Å²) in [5, 5.41) is 0.483. The first-order valence-corrected chi connectivity index (χ1v) is 6.30. The third kappa shape index (κ3) is 3.26. The molecule has 88 valence electrons. The number of aromatic nitrogens is 3. The van der Waals surface area contributed by atoms with Crippen LogP contribution in [0.5, 0.6) is 5.88 Å². The van der Waals surface area contributed by atoms with Gasteiger partial charge in [0.05, 0.1) is 10.7 Å². The van der Waals surface area contributed by atoms with E-state index in [0.717, 1.165) is 9.13 Å². The van der Waals surface area contributed by atoms with E-state index in [-0.39, 0.29) is 0 Å². The van der Waals surface area contributed by atoms with Crippen LogP contribution >= 0.6 is 34.2 Å². The molecule has 0 aliphatic heterocycles. The van der Waals surface area contributed by atoms with E-state index in [1.54, 1.807) is 19.5 Å². The molecule has 0 spiro atoms. The van der Waals surface area contributed by atoms with Crippen LogP contribution in [0.3, 0.4) is 0 Å². The maximum absolute atomic E-state index is 5.93. The molecule has 0 aliphatic rings. The highest BCUT2D eigenvalue weighted by Crippen LogP contribution is 2.16. The first-order chi connectivity index (χ1) is 8.19. The Balaban J connectivity index is 2.16. The van der Waals surface area contributed by atoms with Crippen molar-refractivity contribution in [3.63, 3.8) is 0 Å². The molecule has 6 heteroatoms. The molecule has 0 unspecified atom stereocenters. The Bertz CT molecular complexity index is 519. The van der Waals surface area contributed by atoms with Gasteiger partial charge in [-0.2, -0.15) is 0 Å². The Morgan fingerprint density at radius 1 is 1.29 bits per heavy atom. The SMILES string of the molecule is COc1ccc(Cc2ncc(I)c(Cl)n2)cn1. The van der Waals surface area contributed by atoms with Crippen molar-refractivity contribution < 1.29 is 4.74 Å². The lowest BCUT2D eigenvalue weighted by Crippen LogP contribution is -1.98. The third-order valence-corrected chi connectivity index (χ3v) is 3.52. The minimum absolute atomic E-state index is 0.483. The highest BCUT2D eigenvalue weighted by Gasteiger charge is 2.04. The Kier molecular flexibility index (Phi) is 4.11. The van der Waals surface area contributed by atoms with Crippen LogP contribution in [0.4, 0.5) is 0 Å². The van der Waals surface area contributed by atoms with Gasteiger partial charge in [-0.25, -0.2) is 15.0 Å². The average Bonchev–Trinajstić information content (AvgIpc) is 2.35. The number of nitrogens with zero attached hydrogens (tertiary/aromatic N) is 3. The summed E-state index contributed by atoms with van der Waals surface area (Å²) >= 11 is 8.03. The van der Waals surface area contributed by atoms with Crippen molar-refractivity contribution in [2.24, 2.45) is 0 Å². The van der Waals surface area contributed by atoms with Gasteiger partial charge in [0, 0.05) is 24.9 Å². The topological polar surface area (TPSA) is 47.9 Å². The highest BCUT2D eigenvalue weighted by molar-refractivity contribution is 14.1. The lowest BCUT2D eigenvalue weighted by Gasteiger charge is -2.03. The molecule has 2 heterocycles. The molecule has 4 nitrogen and oxygen atoms in total. The zero-order valence-corrected chi connectivity index (χ0v) is 11.9. The van der Waals surface area contributed by atoms with Gasteiger partial charge < -0.3 is 4.74 Å². The van der Waals surface area contributed by atoms with E-state index < -0.39 is 0 Å². The molecule has 0 atom stereocenters. The molecule has 2 rings (SSSR count). The van der Waals surface area contributed by atoms with E-state index in [4.69, 9.17) is 16.3 Å². The van der Waals surface area contributed by atoms with Gasteiger partial charge in [-0.05, 0) is 28.2 Å². The first-order valence-electron chi connectivity index (χ1n) is 4.85. The minimum Gasteiger partial charge on any atom is -0.481 e.